The highest BCUT2D eigenvalue weighted by Gasteiger charge is 2.50. The van der Waals surface area contributed by atoms with Crippen molar-refractivity contribution in [2.75, 3.05) is 31.1 Å². The number of nitrogens with zero attached hydrogens (tertiary/aromatic N) is 4. The first-order valence-corrected chi connectivity index (χ1v) is 12.7. The van der Waals surface area contributed by atoms with Crippen molar-refractivity contribution in [3.05, 3.63) is 41.8 Å². The Labute approximate surface area is 191 Å². The summed E-state index contributed by atoms with van der Waals surface area (Å²) in [5.74, 6) is 1.34. The number of aliphatic hydroxyl groups excluding tert-OH is 1. The van der Waals surface area contributed by atoms with Crippen LogP contribution in [0.2, 0.25) is 0 Å². The molecule has 172 valence electrons. The van der Waals surface area contributed by atoms with E-state index in [1.54, 1.807) is 11.1 Å². The second-order valence-electron chi connectivity index (χ2n) is 10.9. The van der Waals surface area contributed by atoms with E-state index in [0.29, 0.717) is 23.3 Å². The van der Waals surface area contributed by atoms with Crippen LogP contribution in [0.5, 0.6) is 0 Å². The topological polar surface area (TPSA) is 65.6 Å². The number of benzene rings is 1. The SMILES string of the molecule is O[C@H]1CC[C@@H](c2ccccc2C2CCN([C@@H]3CCC4(C3)CN(c3nnco3)C4)CC2)CC1. The zero-order chi connectivity index (χ0) is 21.5. The van der Waals surface area contributed by atoms with Crippen molar-refractivity contribution in [3.63, 3.8) is 0 Å². The van der Waals surface area contributed by atoms with Crippen molar-refractivity contribution >= 4 is 6.01 Å². The lowest BCUT2D eigenvalue weighted by Crippen LogP contribution is -2.56. The number of likely N-dealkylation sites (tertiary alicyclic amines) is 1. The van der Waals surface area contributed by atoms with Gasteiger partial charge in [0.25, 0.3) is 0 Å². The van der Waals surface area contributed by atoms with Crippen LogP contribution >= 0.6 is 0 Å². The highest BCUT2D eigenvalue weighted by Crippen LogP contribution is 2.49. The highest BCUT2D eigenvalue weighted by molar-refractivity contribution is 5.35. The third kappa shape index (κ3) is 3.86. The van der Waals surface area contributed by atoms with Gasteiger partial charge >= 0.3 is 6.01 Å². The predicted octanol–water partition coefficient (Wildman–Crippen LogP) is 4.33. The molecule has 2 aromatic rings. The number of hydrogen-bond donors (Lipinski definition) is 1. The number of hydrogen-bond acceptors (Lipinski definition) is 6. The average Bonchev–Trinajstić information content (AvgIpc) is 3.49. The Morgan fingerprint density at radius 1 is 0.906 bits per heavy atom. The maximum Gasteiger partial charge on any atom is 0.317 e. The first-order chi connectivity index (χ1) is 15.7. The standard InChI is InChI=1S/C26H36N4O2/c31-22-7-5-19(6-8-22)23-3-1-2-4-24(23)20-10-13-29(14-11-20)21-9-12-26(15-21)16-30(17-26)25-28-27-18-32-25/h1-4,18-22,31H,5-17H2/t19-,21-,22+/m1/s1. The first-order valence-electron chi connectivity index (χ1n) is 12.7. The molecule has 1 N–H and O–H groups in total. The zero-order valence-electron chi connectivity index (χ0n) is 19.0. The molecule has 1 aromatic heterocycles. The molecule has 32 heavy (non-hydrogen) atoms. The van der Waals surface area contributed by atoms with Crippen LogP contribution in [0.1, 0.15) is 80.8 Å². The molecule has 2 aliphatic heterocycles. The van der Waals surface area contributed by atoms with Gasteiger partial charge in [0, 0.05) is 24.5 Å². The fourth-order valence-corrected chi connectivity index (χ4v) is 7.20. The van der Waals surface area contributed by atoms with Gasteiger partial charge in [-0.1, -0.05) is 29.4 Å². The molecular formula is C26H36N4O2. The summed E-state index contributed by atoms with van der Waals surface area (Å²) in [6.07, 6.45) is 12.1. The van der Waals surface area contributed by atoms with Gasteiger partial charge in [0.1, 0.15) is 0 Å². The minimum Gasteiger partial charge on any atom is -0.411 e. The summed E-state index contributed by atoms with van der Waals surface area (Å²) in [7, 11) is 0. The lowest BCUT2D eigenvalue weighted by atomic mass is 9.76. The number of rotatable bonds is 4. The van der Waals surface area contributed by atoms with E-state index in [9.17, 15) is 5.11 Å². The Balaban J connectivity index is 1.05. The quantitative estimate of drug-likeness (QED) is 0.770. The molecule has 6 nitrogen and oxygen atoms in total. The van der Waals surface area contributed by atoms with E-state index >= 15 is 0 Å². The summed E-state index contributed by atoms with van der Waals surface area (Å²) in [5, 5.41) is 17.8. The molecule has 1 aromatic carbocycles. The Morgan fingerprint density at radius 2 is 1.59 bits per heavy atom. The van der Waals surface area contributed by atoms with E-state index in [2.05, 4.69) is 44.3 Å². The molecule has 0 bridgehead atoms. The van der Waals surface area contributed by atoms with Gasteiger partial charge < -0.3 is 19.3 Å². The number of anilines is 1. The molecule has 6 rings (SSSR count). The van der Waals surface area contributed by atoms with Gasteiger partial charge in [0.05, 0.1) is 6.10 Å². The smallest absolute Gasteiger partial charge is 0.317 e. The van der Waals surface area contributed by atoms with E-state index in [1.165, 1.54) is 51.6 Å². The summed E-state index contributed by atoms with van der Waals surface area (Å²) in [6, 6.07) is 10.6. The van der Waals surface area contributed by atoms with Gasteiger partial charge in [0.2, 0.25) is 6.39 Å². The average molecular weight is 437 g/mol. The molecule has 2 saturated carbocycles. The monoisotopic (exact) mass is 436 g/mol. The second-order valence-corrected chi connectivity index (χ2v) is 10.9. The van der Waals surface area contributed by atoms with Crippen molar-refractivity contribution in [1.29, 1.82) is 0 Å². The predicted molar refractivity (Wildman–Crippen MR) is 124 cm³/mol. The van der Waals surface area contributed by atoms with Gasteiger partial charge in [-0.2, -0.15) is 0 Å². The van der Waals surface area contributed by atoms with Gasteiger partial charge in [-0.25, -0.2) is 0 Å². The summed E-state index contributed by atoms with van der Waals surface area (Å²) >= 11 is 0. The molecule has 0 radical (unpaired) electrons. The van der Waals surface area contributed by atoms with Crippen LogP contribution in [0.15, 0.2) is 35.1 Å². The molecule has 3 heterocycles. The maximum atomic E-state index is 9.93. The molecule has 0 amide bonds. The minimum absolute atomic E-state index is 0.0777. The van der Waals surface area contributed by atoms with Gasteiger partial charge in [-0.05, 0) is 93.8 Å². The third-order valence-corrected chi connectivity index (χ3v) is 8.97. The van der Waals surface area contributed by atoms with Crippen molar-refractivity contribution in [2.45, 2.75) is 81.8 Å². The summed E-state index contributed by atoms with van der Waals surface area (Å²) in [6.45, 7) is 4.62. The second kappa shape index (κ2) is 8.45. The maximum absolute atomic E-state index is 9.93. The molecule has 1 spiro atoms. The lowest BCUT2D eigenvalue weighted by Gasteiger charge is -2.48. The van der Waals surface area contributed by atoms with Crippen LogP contribution in [-0.2, 0) is 0 Å². The van der Waals surface area contributed by atoms with E-state index in [-0.39, 0.29) is 6.10 Å². The number of piperidine rings is 1. The van der Waals surface area contributed by atoms with Crippen LogP contribution in [0, 0.1) is 5.41 Å². The van der Waals surface area contributed by atoms with Gasteiger partial charge in [-0.15, -0.1) is 5.10 Å². The molecular weight excluding hydrogens is 400 g/mol. The molecule has 4 fully saturated rings. The molecule has 4 aliphatic rings. The van der Waals surface area contributed by atoms with Crippen LogP contribution in [-0.4, -0.2) is 58.5 Å². The molecule has 1 atom stereocenters. The summed E-state index contributed by atoms with van der Waals surface area (Å²) in [4.78, 5) is 5.03. The van der Waals surface area contributed by atoms with Gasteiger partial charge in [0.15, 0.2) is 0 Å². The van der Waals surface area contributed by atoms with E-state index in [4.69, 9.17) is 4.42 Å². The Kier molecular flexibility index (Phi) is 5.46. The molecule has 0 unspecified atom stereocenters. The van der Waals surface area contributed by atoms with Crippen LogP contribution in [0.4, 0.5) is 6.01 Å². The molecule has 2 aliphatic carbocycles. The summed E-state index contributed by atoms with van der Waals surface area (Å²) in [5.41, 5.74) is 3.65. The molecule has 2 saturated heterocycles. The zero-order valence-corrected chi connectivity index (χ0v) is 19.0. The van der Waals surface area contributed by atoms with E-state index in [1.807, 2.05) is 0 Å². The van der Waals surface area contributed by atoms with Gasteiger partial charge in [-0.3, -0.25) is 0 Å². The number of aliphatic hydroxyl groups is 1. The van der Waals surface area contributed by atoms with Crippen LogP contribution < -0.4 is 4.90 Å². The minimum atomic E-state index is -0.0777. The largest absolute Gasteiger partial charge is 0.411 e. The van der Waals surface area contributed by atoms with Crippen molar-refractivity contribution in [1.82, 2.24) is 15.1 Å². The number of aromatic nitrogens is 2. The molecule has 6 heteroatoms. The summed E-state index contributed by atoms with van der Waals surface area (Å²) < 4.78 is 5.38. The Hall–Kier alpha value is -1.92. The van der Waals surface area contributed by atoms with Crippen LogP contribution in [0.25, 0.3) is 0 Å². The highest BCUT2D eigenvalue weighted by atomic mass is 16.4. The van der Waals surface area contributed by atoms with Crippen LogP contribution in [0.3, 0.4) is 0 Å². The fourth-order valence-electron chi connectivity index (χ4n) is 7.20. The van der Waals surface area contributed by atoms with Crippen molar-refractivity contribution < 1.29 is 9.52 Å². The van der Waals surface area contributed by atoms with Crippen molar-refractivity contribution in [3.8, 4) is 0 Å². The Bertz CT molecular complexity index is 894. The Morgan fingerprint density at radius 3 is 2.25 bits per heavy atom. The third-order valence-electron chi connectivity index (χ3n) is 8.97. The van der Waals surface area contributed by atoms with E-state index in [0.717, 1.165) is 44.8 Å². The first kappa shape index (κ1) is 20.7. The fraction of sp³-hybridized carbons (Fsp3) is 0.692. The van der Waals surface area contributed by atoms with Crippen molar-refractivity contribution in [2.24, 2.45) is 5.41 Å². The lowest BCUT2D eigenvalue weighted by molar-refractivity contribution is 0.121. The normalized spacial score (nSPS) is 31.2. The van der Waals surface area contributed by atoms with E-state index < -0.39 is 0 Å².